The Hall–Kier alpha value is -2.46. The van der Waals surface area contributed by atoms with Gasteiger partial charge in [0.05, 0.1) is 11.4 Å². The molecule has 26 heavy (non-hydrogen) atoms. The molecule has 2 amide bonds. The monoisotopic (exact) mass is 378 g/mol. The van der Waals surface area contributed by atoms with Crippen LogP contribution in [0.5, 0.6) is 0 Å². The number of aromatic nitrogens is 3. The van der Waals surface area contributed by atoms with E-state index in [1.54, 1.807) is 19.3 Å². The van der Waals surface area contributed by atoms with Gasteiger partial charge < -0.3 is 5.32 Å². The van der Waals surface area contributed by atoms with Crippen LogP contribution in [-0.2, 0) is 17.1 Å². The molecular formula is C16H22N6O3S. The minimum atomic E-state index is -3.30. The van der Waals surface area contributed by atoms with Gasteiger partial charge in [-0.2, -0.15) is 5.10 Å². The zero-order valence-corrected chi connectivity index (χ0v) is 15.4. The quantitative estimate of drug-likeness (QED) is 0.780. The third-order valence-electron chi connectivity index (χ3n) is 4.15. The van der Waals surface area contributed by atoms with E-state index < -0.39 is 16.1 Å². The van der Waals surface area contributed by atoms with Gasteiger partial charge in [-0.25, -0.2) is 17.5 Å². The van der Waals surface area contributed by atoms with Gasteiger partial charge in [0.25, 0.3) is 0 Å². The van der Waals surface area contributed by atoms with E-state index in [4.69, 9.17) is 0 Å². The summed E-state index contributed by atoms with van der Waals surface area (Å²) in [5.41, 5.74) is 1.34. The molecule has 1 aliphatic rings. The summed E-state index contributed by atoms with van der Waals surface area (Å²) in [6.45, 7) is 1.19. The summed E-state index contributed by atoms with van der Waals surface area (Å²) in [7, 11) is -1.60. The van der Waals surface area contributed by atoms with Crippen LogP contribution in [0.15, 0.2) is 30.5 Å². The SMILES string of the molecule is Cn1nc(-c2ccccn2)cc1NC(=O)NCCS(=O)(=O)N1CCCC1. The highest BCUT2D eigenvalue weighted by Crippen LogP contribution is 2.18. The summed E-state index contributed by atoms with van der Waals surface area (Å²) in [6.07, 6.45) is 3.46. The molecular weight excluding hydrogens is 356 g/mol. The van der Waals surface area contributed by atoms with Crippen molar-refractivity contribution in [1.29, 1.82) is 0 Å². The molecule has 3 rings (SSSR count). The first kappa shape index (κ1) is 18.3. The van der Waals surface area contributed by atoms with Crippen LogP contribution in [-0.4, -0.2) is 58.9 Å². The van der Waals surface area contributed by atoms with E-state index in [2.05, 4.69) is 20.7 Å². The van der Waals surface area contributed by atoms with Crippen LogP contribution in [0.1, 0.15) is 12.8 Å². The van der Waals surface area contributed by atoms with E-state index >= 15 is 0 Å². The number of pyridine rings is 1. The van der Waals surface area contributed by atoms with Crippen LogP contribution in [0.2, 0.25) is 0 Å². The molecule has 140 valence electrons. The highest BCUT2D eigenvalue weighted by Gasteiger charge is 2.24. The Bertz CT molecular complexity index is 859. The summed E-state index contributed by atoms with van der Waals surface area (Å²) in [6, 6.07) is 6.74. The standard InChI is InChI=1S/C16H22N6O3S/c1-21-15(12-14(20-21)13-6-2-3-7-17-13)19-16(23)18-8-11-26(24,25)22-9-4-5-10-22/h2-3,6-7,12H,4-5,8-11H2,1H3,(H2,18,19,23). The third-order valence-corrected chi connectivity index (χ3v) is 6.02. The van der Waals surface area contributed by atoms with E-state index in [-0.39, 0.29) is 12.3 Å². The van der Waals surface area contributed by atoms with Crippen molar-refractivity contribution in [2.45, 2.75) is 12.8 Å². The number of amides is 2. The van der Waals surface area contributed by atoms with Gasteiger partial charge in [-0.15, -0.1) is 0 Å². The smallest absolute Gasteiger partial charge is 0.320 e. The number of anilines is 1. The van der Waals surface area contributed by atoms with Crippen molar-refractivity contribution < 1.29 is 13.2 Å². The summed E-state index contributed by atoms with van der Waals surface area (Å²) < 4.78 is 27.3. The van der Waals surface area contributed by atoms with E-state index in [0.29, 0.717) is 30.3 Å². The Morgan fingerprint density at radius 3 is 2.69 bits per heavy atom. The van der Waals surface area contributed by atoms with Gasteiger partial charge in [0, 0.05) is 38.9 Å². The average Bonchev–Trinajstić information content (AvgIpc) is 3.27. The number of hydrogen-bond acceptors (Lipinski definition) is 5. The van der Waals surface area contributed by atoms with Crippen molar-refractivity contribution in [3.63, 3.8) is 0 Å². The zero-order valence-electron chi connectivity index (χ0n) is 14.6. The number of aryl methyl sites for hydroxylation is 1. The topological polar surface area (TPSA) is 109 Å². The minimum Gasteiger partial charge on any atom is -0.337 e. The molecule has 3 heterocycles. The van der Waals surface area contributed by atoms with Gasteiger partial charge in [-0.05, 0) is 25.0 Å². The lowest BCUT2D eigenvalue weighted by Gasteiger charge is -2.15. The second-order valence-electron chi connectivity index (χ2n) is 6.06. The first-order valence-corrected chi connectivity index (χ1v) is 10.0. The molecule has 0 aliphatic carbocycles. The number of hydrogen-bond donors (Lipinski definition) is 2. The Balaban J connectivity index is 1.53. The number of rotatable bonds is 6. The Labute approximate surface area is 152 Å². The van der Waals surface area contributed by atoms with Crippen molar-refractivity contribution in [3.05, 3.63) is 30.5 Å². The van der Waals surface area contributed by atoms with Gasteiger partial charge in [0.1, 0.15) is 11.5 Å². The van der Waals surface area contributed by atoms with E-state index in [1.165, 1.54) is 8.99 Å². The molecule has 0 aromatic carbocycles. The second kappa shape index (κ2) is 7.83. The molecule has 10 heteroatoms. The van der Waals surface area contributed by atoms with Crippen LogP contribution < -0.4 is 10.6 Å². The van der Waals surface area contributed by atoms with Crippen molar-refractivity contribution in [2.75, 3.05) is 30.7 Å². The normalized spacial score (nSPS) is 15.1. The summed E-state index contributed by atoms with van der Waals surface area (Å²) in [5, 5.41) is 9.56. The van der Waals surface area contributed by atoms with Crippen LogP contribution in [0.3, 0.4) is 0 Å². The lowest BCUT2D eigenvalue weighted by molar-refractivity contribution is 0.252. The molecule has 0 radical (unpaired) electrons. The predicted octanol–water partition coefficient (Wildman–Crippen LogP) is 1.03. The number of nitrogens with zero attached hydrogens (tertiary/aromatic N) is 4. The minimum absolute atomic E-state index is 0.0512. The largest absolute Gasteiger partial charge is 0.337 e. The van der Waals surface area contributed by atoms with E-state index in [1.807, 2.05) is 18.2 Å². The third kappa shape index (κ3) is 4.38. The fourth-order valence-corrected chi connectivity index (χ4v) is 4.21. The highest BCUT2D eigenvalue weighted by atomic mass is 32.2. The molecule has 0 saturated carbocycles. The Kier molecular flexibility index (Phi) is 5.52. The highest BCUT2D eigenvalue weighted by molar-refractivity contribution is 7.89. The Morgan fingerprint density at radius 1 is 1.23 bits per heavy atom. The van der Waals surface area contributed by atoms with Crippen molar-refractivity contribution in [2.24, 2.45) is 7.05 Å². The van der Waals surface area contributed by atoms with Gasteiger partial charge in [0.15, 0.2) is 0 Å². The molecule has 2 aromatic rings. The summed E-state index contributed by atoms with van der Waals surface area (Å²) >= 11 is 0. The fraction of sp³-hybridized carbons (Fsp3) is 0.438. The van der Waals surface area contributed by atoms with Crippen LogP contribution in [0.4, 0.5) is 10.6 Å². The van der Waals surface area contributed by atoms with Gasteiger partial charge >= 0.3 is 6.03 Å². The molecule has 1 aliphatic heterocycles. The van der Waals surface area contributed by atoms with Gasteiger partial charge in [0.2, 0.25) is 10.0 Å². The number of nitrogens with one attached hydrogen (secondary N) is 2. The number of sulfonamides is 1. The number of urea groups is 1. The predicted molar refractivity (Wildman–Crippen MR) is 98.1 cm³/mol. The molecule has 2 N–H and O–H groups in total. The fourth-order valence-electron chi connectivity index (χ4n) is 2.77. The molecule has 0 bridgehead atoms. The number of carbonyl (C=O) groups excluding carboxylic acids is 1. The Morgan fingerprint density at radius 2 is 2.00 bits per heavy atom. The lowest BCUT2D eigenvalue weighted by atomic mass is 10.3. The average molecular weight is 378 g/mol. The molecule has 0 unspecified atom stereocenters. The second-order valence-corrected chi connectivity index (χ2v) is 8.14. The van der Waals surface area contributed by atoms with Crippen LogP contribution >= 0.6 is 0 Å². The molecule has 1 fully saturated rings. The summed E-state index contributed by atoms with van der Waals surface area (Å²) in [5.74, 6) is 0.385. The van der Waals surface area contributed by atoms with Crippen molar-refractivity contribution in [3.8, 4) is 11.4 Å². The maximum absolute atomic E-state index is 12.1. The first-order chi connectivity index (χ1) is 12.5. The lowest BCUT2D eigenvalue weighted by Crippen LogP contribution is -2.37. The number of carbonyl (C=O) groups is 1. The van der Waals surface area contributed by atoms with Crippen molar-refractivity contribution in [1.82, 2.24) is 24.4 Å². The van der Waals surface area contributed by atoms with Gasteiger partial charge in [-0.1, -0.05) is 6.07 Å². The molecule has 2 aromatic heterocycles. The van der Waals surface area contributed by atoms with Crippen molar-refractivity contribution >= 4 is 21.9 Å². The van der Waals surface area contributed by atoms with E-state index in [0.717, 1.165) is 12.8 Å². The van der Waals surface area contributed by atoms with Gasteiger partial charge in [-0.3, -0.25) is 15.0 Å². The maximum atomic E-state index is 12.1. The van der Waals surface area contributed by atoms with E-state index in [9.17, 15) is 13.2 Å². The molecule has 9 nitrogen and oxygen atoms in total. The van der Waals surface area contributed by atoms with Crippen LogP contribution in [0.25, 0.3) is 11.4 Å². The molecule has 1 saturated heterocycles. The first-order valence-electron chi connectivity index (χ1n) is 8.44. The zero-order chi connectivity index (χ0) is 18.6. The summed E-state index contributed by atoms with van der Waals surface area (Å²) in [4.78, 5) is 16.3. The van der Waals surface area contributed by atoms with Crippen LogP contribution in [0, 0.1) is 0 Å². The molecule has 0 spiro atoms. The molecule has 0 atom stereocenters. The maximum Gasteiger partial charge on any atom is 0.320 e.